The summed E-state index contributed by atoms with van der Waals surface area (Å²) >= 11 is 0. The van der Waals surface area contributed by atoms with Crippen molar-refractivity contribution < 1.29 is 14.6 Å². The van der Waals surface area contributed by atoms with Gasteiger partial charge in [0.25, 0.3) is 5.91 Å². The zero-order valence-electron chi connectivity index (χ0n) is 17.2. The molecule has 0 aliphatic carbocycles. The quantitative estimate of drug-likeness (QED) is 0.158. The van der Waals surface area contributed by atoms with Crippen LogP contribution in [0.2, 0.25) is 0 Å². The van der Waals surface area contributed by atoms with E-state index < -0.39 is 5.60 Å². The van der Waals surface area contributed by atoms with E-state index >= 15 is 0 Å². The molecule has 1 aliphatic heterocycles. The molecule has 1 unspecified atom stereocenters. The van der Waals surface area contributed by atoms with Gasteiger partial charge < -0.3 is 25.8 Å². The van der Waals surface area contributed by atoms with Gasteiger partial charge in [-0.05, 0) is 26.0 Å². The predicted octanol–water partition coefficient (Wildman–Crippen LogP) is 0.0677. The van der Waals surface area contributed by atoms with Crippen molar-refractivity contribution in [3.63, 3.8) is 0 Å². The Morgan fingerprint density at radius 2 is 2.03 bits per heavy atom. The molecule has 9 nitrogen and oxygen atoms in total. The molecule has 1 aromatic heterocycles. The lowest BCUT2D eigenvalue weighted by molar-refractivity contribution is -0.0180. The lowest BCUT2D eigenvalue weighted by atomic mass is 10.1. The van der Waals surface area contributed by atoms with E-state index in [4.69, 9.17) is 4.74 Å². The van der Waals surface area contributed by atoms with Crippen LogP contribution in [0.15, 0.2) is 29.5 Å². The van der Waals surface area contributed by atoms with Gasteiger partial charge in [-0.1, -0.05) is 0 Å². The number of aromatic nitrogens is 1. The van der Waals surface area contributed by atoms with Crippen LogP contribution >= 0.6 is 24.0 Å². The lowest BCUT2D eigenvalue weighted by Gasteiger charge is -2.33. The van der Waals surface area contributed by atoms with E-state index in [1.807, 2.05) is 6.92 Å². The minimum absolute atomic E-state index is 0. The van der Waals surface area contributed by atoms with Crippen molar-refractivity contribution in [3.8, 4) is 0 Å². The summed E-state index contributed by atoms with van der Waals surface area (Å²) < 4.78 is 5.34. The SMILES string of the molecule is CCNC(=NCC(C)(O)CN1CCOCC1)NCCNC(=O)c1cccnc1.I. The molecule has 2 rings (SSSR count). The molecule has 0 aromatic carbocycles. The Morgan fingerprint density at radius 3 is 2.69 bits per heavy atom. The van der Waals surface area contributed by atoms with Gasteiger partial charge in [0.15, 0.2) is 5.96 Å². The number of pyridine rings is 1. The van der Waals surface area contributed by atoms with Gasteiger partial charge in [0.2, 0.25) is 0 Å². The number of hydrogen-bond acceptors (Lipinski definition) is 6. The van der Waals surface area contributed by atoms with E-state index in [-0.39, 0.29) is 36.4 Å². The monoisotopic (exact) mass is 520 g/mol. The molecule has 1 aliphatic rings. The average molecular weight is 520 g/mol. The summed E-state index contributed by atoms with van der Waals surface area (Å²) in [6.07, 6.45) is 3.16. The molecule has 0 saturated carbocycles. The number of guanidine groups is 1. The largest absolute Gasteiger partial charge is 0.387 e. The van der Waals surface area contributed by atoms with Gasteiger partial charge in [-0.15, -0.1) is 24.0 Å². The number of carbonyl (C=O) groups excluding carboxylic acids is 1. The van der Waals surface area contributed by atoms with Crippen LogP contribution in [0.1, 0.15) is 24.2 Å². The number of amides is 1. The Hall–Kier alpha value is -1.50. The molecule has 1 fully saturated rings. The second-order valence-electron chi connectivity index (χ2n) is 7.01. The van der Waals surface area contributed by atoms with Gasteiger partial charge >= 0.3 is 0 Å². The van der Waals surface area contributed by atoms with Crippen molar-refractivity contribution in [2.45, 2.75) is 19.4 Å². The maximum absolute atomic E-state index is 12.0. The highest BCUT2D eigenvalue weighted by Gasteiger charge is 2.25. The summed E-state index contributed by atoms with van der Waals surface area (Å²) in [6.45, 7) is 9.34. The van der Waals surface area contributed by atoms with E-state index in [0.29, 0.717) is 50.9 Å². The third-order valence-electron chi connectivity index (χ3n) is 4.22. The lowest BCUT2D eigenvalue weighted by Crippen LogP contribution is -2.48. The number of nitrogens with zero attached hydrogens (tertiary/aromatic N) is 3. The fourth-order valence-electron chi connectivity index (χ4n) is 2.84. The molecule has 29 heavy (non-hydrogen) atoms. The fraction of sp³-hybridized carbons (Fsp3) is 0.632. The van der Waals surface area contributed by atoms with Crippen molar-refractivity contribution in [2.75, 3.05) is 59.0 Å². The van der Waals surface area contributed by atoms with Crippen LogP contribution in [0.25, 0.3) is 0 Å². The van der Waals surface area contributed by atoms with Crippen LogP contribution in [0, 0.1) is 0 Å². The second-order valence-corrected chi connectivity index (χ2v) is 7.01. The normalized spacial score (nSPS) is 17.0. The highest BCUT2D eigenvalue weighted by molar-refractivity contribution is 14.0. The fourth-order valence-corrected chi connectivity index (χ4v) is 2.84. The Kier molecular flexibility index (Phi) is 12.0. The molecule has 1 saturated heterocycles. The number of aliphatic hydroxyl groups is 1. The van der Waals surface area contributed by atoms with E-state index in [0.717, 1.165) is 13.1 Å². The molecular formula is C19H33IN6O3. The van der Waals surface area contributed by atoms with E-state index in [1.54, 1.807) is 25.3 Å². The molecule has 1 atom stereocenters. The van der Waals surface area contributed by atoms with Crippen molar-refractivity contribution in [2.24, 2.45) is 4.99 Å². The first-order valence-electron chi connectivity index (χ1n) is 9.73. The second kappa shape index (κ2) is 13.7. The Balaban J connectivity index is 0.00000420. The predicted molar refractivity (Wildman–Crippen MR) is 124 cm³/mol. The summed E-state index contributed by atoms with van der Waals surface area (Å²) in [6, 6.07) is 3.45. The van der Waals surface area contributed by atoms with Gasteiger partial charge in [0.05, 0.1) is 30.9 Å². The third kappa shape index (κ3) is 10.2. The zero-order chi connectivity index (χ0) is 20.2. The number of carbonyl (C=O) groups is 1. The van der Waals surface area contributed by atoms with Gasteiger partial charge in [-0.25, -0.2) is 0 Å². The number of aliphatic imine (C=N–C) groups is 1. The smallest absolute Gasteiger partial charge is 0.252 e. The Bertz CT molecular complexity index is 624. The summed E-state index contributed by atoms with van der Waals surface area (Å²) in [5, 5.41) is 19.8. The number of halogens is 1. The Morgan fingerprint density at radius 1 is 1.31 bits per heavy atom. The third-order valence-corrected chi connectivity index (χ3v) is 4.22. The molecule has 1 aromatic rings. The first-order chi connectivity index (χ1) is 13.5. The summed E-state index contributed by atoms with van der Waals surface area (Å²) in [7, 11) is 0. The van der Waals surface area contributed by atoms with Crippen LogP contribution in [0.3, 0.4) is 0 Å². The highest BCUT2D eigenvalue weighted by atomic mass is 127. The van der Waals surface area contributed by atoms with E-state index in [1.165, 1.54) is 6.20 Å². The summed E-state index contributed by atoms with van der Waals surface area (Å²) in [5.74, 6) is 0.450. The van der Waals surface area contributed by atoms with E-state index in [9.17, 15) is 9.90 Å². The molecule has 0 spiro atoms. The molecular weight excluding hydrogens is 487 g/mol. The molecule has 0 bridgehead atoms. The Labute approximate surface area is 189 Å². The first-order valence-corrected chi connectivity index (χ1v) is 9.73. The zero-order valence-corrected chi connectivity index (χ0v) is 19.5. The van der Waals surface area contributed by atoms with Crippen LogP contribution < -0.4 is 16.0 Å². The minimum Gasteiger partial charge on any atom is -0.387 e. The van der Waals surface area contributed by atoms with Crippen molar-refractivity contribution in [3.05, 3.63) is 30.1 Å². The number of β-amino-alcohol motifs (C(OH)–C–C–N with tert-alkyl or cyclic N) is 1. The molecule has 164 valence electrons. The molecule has 4 N–H and O–H groups in total. The number of nitrogens with one attached hydrogen (secondary N) is 3. The molecule has 1 amide bonds. The number of hydrogen-bond donors (Lipinski definition) is 4. The van der Waals surface area contributed by atoms with Gasteiger partial charge in [-0.3, -0.25) is 19.7 Å². The molecule has 0 radical (unpaired) electrons. The number of rotatable bonds is 9. The molecule has 2 heterocycles. The van der Waals surface area contributed by atoms with Crippen LogP contribution in [-0.2, 0) is 4.74 Å². The summed E-state index contributed by atoms with van der Waals surface area (Å²) in [5.41, 5.74) is -0.393. The average Bonchev–Trinajstić information content (AvgIpc) is 2.70. The maximum atomic E-state index is 12.0. The van der Waals surface area contributed by atoms with Gasteiger partial charge in [-0.2, -0.15) is 0 Å². The summed E-state index contributed by atoms with van der Waals surface area (Å²) in [4.78, 5) is 22.6. The minimum atomic E-state index is -0.922. The van der Waals surface area contributed by atoms with Crippen LogP contribution in [0.5, 0.6) is 0 Å². The standard InChI is InChI=1S/C19H32N6O3.HI/c1-3-21-18(23-8-7-22-17(26)16-5-4-6-20-13-16)24-14-19(2,27)15-25-9-11-28-12-10-25;/h4-6,13,27H,3,7-12,14-15H2,1-2H3,(H,22,26)(H2,21,23,24);1H. The van der Waals surface area contributed by atoms with Gasteiger partial charge in [0, 0.05) is 51.7 Å². The van der Waals surface area contributed by atoms with Gasteiger partial charge in [0.1, 0.15) is 0 Å². The van der Waals surface area contributed by atoms with Crippen molar-refractivity contribution >= 4 is 35.8 Å². The first kappa shape index (κ1) is 25.5. The van der Waals surface area contributed by atoms with Crippen molar-refractivity contribution in [1.82, 2.24) is 25.8 Å². The van der Waals surface area contributed by atoms with Crippen LogP contribution in [-0.4, -0.2) is 91.5 Å². The molecule has 10 heteroatoms. The van der Waals surface area contributed by atoms with E-state index in [2.05, 4.69) is 30.8 Å². The van der Waals surface area contributed by atoms with Crippen LogP contribution in [0.4, 0.5) is 0 Å². The maximum Gasteiger partial charge on any atom is 0.252 e. The number of morpholine rings is 1. The topological polar surface area (TPSA) is 111 Å². The van der Waals surface area contributed by atoms with Crippen molar-refractivity contribution in [1.29, 1.82) is 0 Å². The highest BCUT2D eigenvalue weighted by Crippen LogP contribution is 2.09. The number of ether oxygens (including phenoxy) is 1.